The van der Waals surface area contributed by atoms with Crippen LogP contribution < -0.4 is 10.5 Å². The van der Waals surface area contributed by atoms with Crippen molar-refractivity contribution in [2.75, 3.05) is 6.54 Å². The van der Waals surface area contributed by atoms with Crippen molar-refractivity contribution >= 4 is 21.6 Å². The summed E-state index contributed by atoms with van der Waals surface area (Å²) in [5, 5.41) is 10.6. The zero-order chi connectivity index (χ0) is 13.1. The summed E-state index contributed by atoms with van der Waals surface area (Å²) in [4.78, 5) is 20.1. The van der Waals surface area contributed by atoms with E-state index in [4.69, 9.17) is 5.73 Å². The first-order valence-corrected chi connectivity index (χ1v) is 5.86. The normalized spacial score (nSPS) is 10.9. The number of nitro groups is 1. The van der Waals surface area contributed by atoms with Gasteiger partial charge in [-0.25, -0.2) is 13.1 Å². The van der Waals surface area contributed by atoms with Crippen LogP contribution in [0.4, 0.5) is 5.69 Å². The second-order valence-electron chi connectivity index (χ2n) is 2.96. The van der Waals surface area contributed by atoms with E-state index in [0.717, 1.165) is 12.1 Å². The third kappa shape index (κ3) is 2.98. The van der Waals surface area contributed by atoms with Crippen molar-refractivity contribution in [2.24, 2.45) is 5.73 Å². The minimum absolute atomic E-state index is 0.528. The van der Waals surface area contributed by atoms with E-state index in [1.54, 1.807) is 4.72 Å². The van der Waals surface area contributed by atoms with Gasteiger partial charge in [0, 0.05) is 6.07 Å². The number of carbonyl (C=O) groups excluding carboxylic acids is 1. The number of hydrogen-bond donors (Lipinski definition) is 2. The molecule has 1 amide bonds. The van der Waals surface area contributed by atoms with Crippen LogP contribution in [0.2, 0.25) is 0 Å². The molecule has 0 atom stereocenters. The Hall–Kier alpha value is -2.00. The molecule has 0 saturated heterocycles. The number of nitro benzene ring substituents is 1. The first-order chi connectivity index (χ1) is 7.88. The zero-order valence-electron chi connectivity index (χ0n) is 8.49. The SMILES string of the molecule is NCC(=O)NS(=O)(=O)c1ccccc1[N+](=O)[O-]. The Bertz CT molecular complexity index is 554. The van der Waals surface area contributed by atoms with E-state index in [0.29, 0.717) is 0 Å². The maximum Gasteiger partial charge on any atom is 0.289 e. The number of para-hydroxylation sites is 1. The van der Waals surface area contributed by atoms with Crippen LogP contribution in [0, 0.1) is 10.1 Å². The molecule has 0 aliphatic rings. The third-order valence-electron chi connectivity index (χ3n) is 1.79. The summed E-state index contributed by atoms with van der Waals surface area (Å²) < 4.78 is 24.9. The largest absolute Gasteiger partial charge is 0.322 e. The lowest BCUT2D eigenvalue weighted by molar-refractivity contribution is -0.387. The Kier molecular flexibility index (Phi) is 3.76. The van der Waals surface area contributed by atoms with Gasteiger partial charge in [0.1, 0.15) is 0 Å². The van der Waals surface area contributed by atoms with Crippen LogP contribution >= 0.6 is 0 Å². The molecule has 92 valence electrons. The standard InChI is InChI=1S/C8H9N3O5S/c9-5-8(12)10-17(15,16)7-4-2-1-3-6(7)11(13)14/h1-4H,5,9H2,(H,10,12). The number of nitrogens with zero attached hydrogens (tertiary/aromatic N) is 1. The molecule has 8 nitrogen and oxygen atoms in total. The van der Waals surface area contributed by atoms with E-state index in [2.05, 4.69) is 0 Å². The molecule has 0 aliphatic heterocycles. The van der Waals surface area contributed by atoms with Gasteiger partial charge < -0.3 is 5.73 Å². The van der Waals surface area contributed by atoms with Crippen molar-refractivity contribution in [3.63, 3.8) is 0 Å². The van der Waals surface area contributed by atoms with Crippen molar-refractivity contribution < 1.29 is 18.1 Å². The molecule has 1 aromatic carbocycles. The Morgan fingerprint density at radius 3 is 2.53 bits per heavy atom. The average Bonchev–Trinajstić information content (AvgIpc) is 2.28. The fraction of sp³-hybridized carbons (Fsp3) is 0.125. The van der Waals surface area contributed by atoms with E-state index < -0.39 is 38.0 Å². The van der Waals surface area contributed by atoms with Crippen molar-refractivity contribution in [1.29, 1.82) is 0 Å². The molecule has 0 aliphatic carbocycles. The molecule has 0 unspecified atom stereocenters. The van der Waals surface area contributed by atoms with Crippen LogP contribution in [0.15, 0.2) is 29.2 Å². The summed E-state index contributed by atoms with van der Waals surface area (Å²) in [6.07, 6.45) is 0. The number of amides is 1. The summed E-state index contributed by atoms with van der Waals surface area (Å²) in [5.74, 6) is -0.942. The smallest absolute Gasteiger partial charge is 0.289 e. The minimum Gasteiger partial charge on any atom is -0.322 e. The van der Waals surface area contributed by atoms with E-state index in [9.17, 15) is 23.3 Å². The lowest BCUT2D eigenvalue weighted by Gasteiger charge is -2.05. The van der Waals surface area contributed by atoms with Crippen molar-refractivity contribution in [1.82, 2.24) is 4.72 Å². The Morgan fingerprint density at radius 1 is 1.41 bits per heavy atom. The molecule has 0 spiro atoms. The lowest BCUT2D eigenvalue weighted by atomic mass is 10.3. The van der Waals surface area contributed by atoms with Crippen LogP contribution in [0.3, 0.4) is 0 Å². The number of carbonyl (C=O) groups is 1. The molecule has 0 bridgehead atoms. The van der Waals surface area contributed by atoms with Crippen molar-refractivity contribution in [3.8, 4) is 0 Å². The van der Waals surface area contributed by atoms with Gasteiger partial charge in [0.25, 0.3) is 15.7 Å². The monoisotopic (exact) mass is 259 g/mol. The van der Waals surface area contributed by atoms with Gasteiger partial charge in [-0.3, -0.25) is 14.9 Å². The van der Waals surface area contributed by atoms with E-state index in [-0.39, 0.29) is 0 Å². The van der Waals surface area contributed by atoms with Gasteiger partial charge in [0.15, 0.2) is 4.90 Å². The summed E-state index contributed by atoms with van der Waals surface area (Å²) in [5.41, 5.74) is 4.34. The number of nitrogens with two attached hydrogens (primary N) is 1. The van der Waals surface area contributed by atoms with Crippen molar-refractivity contribution in [2.45, 2.75) is 4.90 Å². The second kappa shape index (κ2) is 4.89. The van der Waals surface area contributed by atoms with Gasteiger partial charge in [-0.15, -0.1) is 0 Å². The molecular weight excluding hydrogens is 250 g/mol. The molecule has 1 rings (SSSR count). The maximum atomic E-state index is 11.6. The molecule has 17 heavy (non-hydrogen) atoms. The zero-order valence-corrected chi connectivity index (χ0v) is 9.31. The fourth-order valence-electron chi connectivity index (χ4n) is 1.08. The average molecular weight is 259 g/mol. The molecule has 9 heteroatoms. The Morgan fingerprint density at radius 2 is 2.00 bits per heavy atom. The van der Waals surface area contributed by atoms with E-state index in [1.165, 1.54) is 12.1 Å². The minimum atomic E-state index is -4.27. The second-order valence-corrected chi connectivity index (χ2v) is 4.61. The third-order valence-corrected chi connectivity index (χ3v) is 3.21. The van der Waals surface area contributed by atoms with Crippen molar-refractivity contribution in [3.05, 3.63) is 34.4 Å². The van der Waals surface area contributed by atoms with Gasteiger partial charge in [-0.1, -0.05) is 12.1 Å². The highest BCUT2D eigenvalue weighted by Gasteiger charge is 2.26. The summed E-state index contributed by atoms with van der Waals surface area (Å²) >= 11 is 0. The molecule has 0 aromatic heterocycles. The van der Waals surface area contributed by atoms with Crippen LogP contribution in [0.5, 0.6) is 0 Å². The first kappa shape index (κ1) is 13.1. The van der Waals surface area contributed by atoms with E-state index in [1.807, 2.05) is 0 Å². The predicted octanol–water partition coefficient (Wildman–Crippen LogP) is -0.642. The Labute approximate surface area is 96.6 Å². The number of hydrogen-bond acceptors (Lipinski definition) is 6. The Balaban J connectivity index is 3.24. The van der Waals surface area contributed by atoms with Crippen LogP contribution in [0.1, 0.15) is 0 Å². The topological polar surface area (TPSA) is 132 Å². The molecule has 0 fully saturated rings. The quantitative estimate of drug-likeness (QED) is 0.545. The maximum absolute atomic E-state index is 11.6. The molecule has 0 heterocycles. The highest BCUT2D eigenvalue weighted by molar-refractivity contribution is 7.90. The van der Waals surface area contributed by atoms with Gasteiger partial charge in [0.05, 0.1) is 11.5 Å². The number of sulfonamides is 1. The predicted molar refractivity (Wildman–Crippen MR) is 57.5 cm³/mol. The summed E-state index contributed by atoms with van der Waals surface area (Å²) in [6, 6.07) is 4.70. The molecule has 1 aromatic rings. The first-order valence-electron chi connectivity index (χ1n) is 4.37. The van der Waals surface area contributed by atoms with Gasteiger partial charge in [-0.2, -0.15) is 0 Å². The number of nitrogens with one attached hydrogen (secondary N) is 1. The van der Waals surface area contributed by atoms with Crippen LogP contribution in [-0.4, -0.2) is 25.8 Å². The highest BCUT2D eigenvalue weighted by atomic mass is 32.2. The molecular formula is C8H9N3O5S. The molecule has 0 radical (unpaired) electrons. The highest BCUT2D eigenvalue weighted by Crippen LogP contribution is 2.22. The number of rotatable bonds is 4. The van der Waals surface area contributed by atoms with E-state index >= 15 is 0 Å². The van der Waals surface area contributed by atoms with Gasteiger partial charge in [0.2, 0.25) is 5.91 Å². The molecule has 3 N–H and O–H groups in total. The fourth-order valence-corrected chi connectivity index (χ4v) is 2.25. The molecule has 0 saturated carbocycles. The van der Waals surface area contributed by atoms with Crippen LogP contribution in [-0.2, 0) is 14.8 Å². The van der Waals surface area contributed by atoms with Gasteiger partial charge >= 0.3 is 0 Å². The summed E-state index contributed by atoms with van der Waals surface area (Å²) in [7, 11) is -4.27. The van der Waals surface area contributed by atoms with Gasteiger partial charge in [-0.05, 0) is 6.07 Å². The number of benzene rings is 1. The van der Waals surface area contributed by atoms with Crippen LogP contribution in [0.25, 0.3) is 0 Å². The summed E-state index contributed by atoms with van der Waals surface area (Å²) in [6.45, 7) is -0.528. The lowest BCUT2D eigenvalue weighted by Crippen LogP contribution is -2.35.